The van der Waals surface area contributed by atoms with Gasteiger partial charge in [-0.15, -0.1) is 0 Å². The molecular weight excluding hydrogens is 262 g/mol. The van der Waals surface area contributed by atoms with E-state index in [1.165, 1.54) is 25.7 Å². The third kappa shape index (κ3) is 4.37. The molecule has 0 spiro atoms. The predicted molar refractivity (Wildman–Crippen MR) is 86.8 cm³/mol. The van der Waals surface area contributed by atoms with Crippen LogP contribution in [0, 0.1) is 5.92 Å². The molecule has 1 aromatic carbocycles. The van der Waals surface area contributed by atoms with E-state index < -0.39 is 0 Å². The highest BCUT2D eigenvalue weighted by atomic mass is 16.5. The van der Waals surface area contributed by atoms with Crippen molar-refractivity contribution in [1.82, 2.24) is 4.90 Å². The standard InChI is InChI=1S/C18H29NO2/c1-4-11-21-16-10-9-15(18(20)12-16)13-19(3)17-8-6-5-7-14(17)2/h9-10,12,14,17,20H,4-8,11,13H2,1-3H3. The van der Waals surface area contributed by atoms with Crippen LogP contribution in [-0.2, 0) is 6.54 Å². The summed E-state index contributed by atoms with van der Waals surface area (Å²) in [6, 6.07) is 6.32. The Labute approximate surface area is 128 Å². The van der Waals surface area contributed by atoms with E-state index in [9.17, 15) is 5.11 Å². The molecule has 3 heteroatoms. The van der Waals surface area contributed by atoms with Gasteiger partial charge in [0, 0.05) is 24.2 Å². The van der Waals surface area contributed by atoms with Crippen molar-refractivity contribution in [3.05, 3.63) is 23.8 Å². The lowest BCUT2D eigenvalue weighted by atomic mass is 9.85. The monoisotopic (exact) mass is 291 g/mol. The summed E-state index contributed by atoms with van der Waals surface area (Å²) in [5.74, 6) is 1.85. The van der Waals surface area contributed by atoms with E-state index in [1.54, 1.807) is 6.07 Å². The molecule has 1 aliphatic carbocycles. The number of hydrogen-bond acceptors (Lipinski definition) is 3. The maximum absolute atomic E-state index is 10.2. The molecule has 2 atom stereocenters. The fraction of sp³-hybridized carbons (Fsp3) is 0.667. The highest BCUT2D eigenvalue weighted by molar-refractivity contribution is 5.39. The van der Waals surface area contributed by atoms with E-state index in [2.05, 4.69) is 25.8 Å². The minimum absolute atomic E-state index is 0.346. The number of hydrogen-bond donors (Lipinski definition) is 1. The first-order valence-corrected chi connectivity index (χ1v) is 8.26. The summed E-state index contributed by atoms with van der Waals surface area (Å²) in [5.41, 5.74) is 0.985. The van der Waals surface area contributed by atoms with Crippen LogP contribution in [0.5, 0.6) is 11.5 Å². The van der Waals surface area contributed by atoms with Crippen molar-refractivity contribution in [2.75, 3.05) is 13.7 Å². The molecule has 1 N–H and O–H groups in total. The Morgan fingerprint density at radius 3 is 2.71 bits per heavy atom. The molecule has 1 aromatic rings. The fourth-order valence-electron chi connectivity index (χ4n) is 3.32. The lowest BCUT2D eigenvalue weighted by molar-refractivity contribution is 0.132. The average molecular weight is 291 g/mol. The first-order chi connectivity index (χ1) is 10.1. The lowest BCUT2D eigenvalue weighted by Crippen LogP contribution is -2.38. The largest absolute Gasteiger partial charge is 0.507 e. The van der Waals surface area contributed by atoms with Gasteiger partial charge in [0.05, 0.1) is 6.61 Å². The third-order valence-electron chi connectivity index (χ3n) is 4.58. The van der Waals surface area contributed by atoms with Crippen molar-refractivity contribution in [2.45, 2.75) is 58.5 Å². The fourth-order valence-corrected chi connectivity index (χ4v) is 3.32. The van der Waals surface area contributed by atoms with Gasteiger partial charge in [-0.1, -0.05) is 32.8 Å². The summed E-state index contributed by atoms with van der Waals surface area (Å²) in [4.78, 5) is 2.39. The van der Waals surface area contributed by atoms with Crippen LogP contribution in [0.4, 0.5) is 0 Å². The first kappa shape index (κ1) is 16.2. The molecule has 0 bridgehead atoms. The molecule has 21 heavy (non-hydrogen) atoms. The number of ether oxygens (including phenoxy) is 1. The van der Waals surface area contributed by atoms with Gasteiger partial charge in [-0.25, -0.2) is 0 Å². The Bertz CT molecular complexity index is 447. The van der Waals surface area contributed by atoms with E-state index in [0.29, 0.717) is 18.4 Å². The quantitative estimate of drug-likeness (QED) is 0.853. The predicted octanol–water partition coefficient (Wildman–Crippen LogP) is 4.19. The van der Waals surface area contributed by atoms with E-state index in [1.807, 2.05) is 12.1 Å². The van der Waals surface area contributed by atoms with Crippen LogP contribution in [0.15, 0.2) is 18.2 Å². The zero-order valence-electron chi connectivity index (χ0n) is 13.6. The Morgan fingerprint density at radius 2 is 2.05 bits per heavy atom. The Kier molecular flexibility index (Phi) is 5.92. The molecular formula is C18H29NO2. The molecule has 2 rings (SSSR count). The van der Waals surface area contributed by atoms with Crippen LogP contribution in [0.2, 0.25) is 0 Å². The van der Waals surface area contributed by atoms with Crippen LogP contribution >= 0.6 is 0 Å². The van der Waals surface area contributed by atoms with Gasteiger partial charge in [0.25, 0.3) is 0 Å². The molecule has 0 heterocycles. The Balaban J connectivity index is 1.98. The molecule has 0 aromatic heterocycles. The van der Waals surface area contributed by atoms with Gasteiger partial charge in [0.15, 0.2) is 0 Å². The van der Waals surface area contributed by atoms with Crippen molar-refractivity contribution in [3.63, 3.8) is 0 Å². The lowest BCUT2D eigenvalue weighted by Gasteiger charge is -2.36. The summed E-state index contributed by atoms with van der Waals surface area (Å²) in [5, 5.41) is 10.2. The van der Waals surface area contributed by atoms with Gasteiger partial charge in [-0.3, -0.25) is 4.90 Å². The Morgan fingerprint density at radius 1 is 1.29 bits per heavy atom. The number of nitrogens with zero attached hydrogens (tertiary/aromatic N) is 1. The van der Waals surface area contributed by atoms with Gasteiger partial charge in [0.1, 0.15) is 11.5 Å². The molecule has 3 nitrogen and oxygen atoms in total. The number of phenols is 1. The Hall–Kier alpha value is -1.22. The van der Waals surface area contributed by atoms with E-state index in [-0.39, 0.29) is 0 Å². The maximum Gasteiger partial charge on any atom is 0.123 e. The van der Waals surface area contributed by atoms with Gasteiger partial charge in [-0.2, -0.15) is 0 Å². The number of aromatic hydroxyl groups is 1. The molecule has 0 aliphatic heterocycles. The van der Waals surface area contributed by atoms with Crippen molar-refractivity contribution in [2.24, 2.45) is 5.92 Å². The second-order valence-corrected chi connectivity index (χ2v) is 6.38. The zero-order chi connectivity index (χ0) is 15.2. The molecule has 0 saturated heterocycles. The molecule has 1 aliphatic rings. The van der Waals surface area contributed by atoms with E-state index >= 15 is 0 Å². The first-order valence-electron chi connectivity index (χ1n) is 8.26. The molecule has 1 saturated carbocycles. The minimum Gasteiger partial charge on any atom is -0.507 e. The number of phenolic OH excluding ortho intramolecular Hbond substituents is 1. The molecule has 0 amide bonds. The second-order valence-electron chi connectivity index (χ2n) is 6.38. The zero-order valence-corrected chi connectivity index (χ0v) is 13.6. The van der Waals surface area contributed by atoms with Crippen molar-refractivity contribution in [3.8, 4) is 11.5 Å². The molecule has 0 radical (unpaired) electrons. The van der Waals surface area contributed by atoms with Crippen molar-refractivity contribution < 1.29 is 9.84 Å². The SMILES string of the molecule is CCCOc1ccc(CN(C)C2CCCCC2C)c(O)c1. The summed E-state index contributed by atoms with van der Waals surface area (Å²) in [6.45, 7) is 5.92. The van der Waals surface area contributed by atoms with Crippen LogP contribution in [0.25, 0.3) is 0 Å². The van der Waals surface area contributed by atoms with Gasteiger partial charge in [0.2, 0.25) is 0 Å². The highest BCUT2D eigenvalue weighted by Crippen LogP contribution is 2.30. The second kappa shape index (κ2) is 7.69. The van der Waals surface area contributed by atoms with Crippen LogP contribution in [0.1, 0.15) is 51.5 Å². The maximum atomic E-state index is 10.2. The normalized spacial score (nSPS) is 22.5. The third-order valence-corrected chi connectivity index (χ3v) is 4.58. The molecule has 118 valence electrons. The van der Waals surface area contributed by atoms with Crippen LogP contribution in [0.3, 0.4) is 0 Å². The summed E-state index contributed by atoms with van der Waals surface area (Å²) < 4.78 is 5.56. The average Bonchev–Trinajstić information content (AvgIpc) is 2.48. The van der Waals surface area contributed by atoms with E-state index in [0.717, 1.165) is 30.2 Å². The molecule has 2 unspecified atom stereocenters. The summed E-state index contributed by atoms with van der Waals surface area (Å²) >= 11 is 0. The molecule has 1 fully saturated rings. The summed E-state index contributed by atoms with van der Waals surface area (Å²) in [7, 11) is 2.17. The topological polar surface area (TPSA) is 32.7 Å². The number of benzene rings is 1. The van der Waals surface area contributed by atoms with E-state index in [4.69, 9.17) is 4.74 Å². The summed E-state index contributed by atoms with van der Waals surface area (Å²) in [6.07, 6.45) is 6.26. The van der Waals surface area contributed by atoms with Gasteiger partial charge < -0.3 is 9.84 Å². The van der Waals surface area contributed by atoms with Gasteiger partial charge in [-0.05, 0) is 38.3 Å². The smallest absolute Gasteiger partial charge is 0.123 e. The number of rotatable bonds is 6. The van der Waals surface area contributed by atoms with Crippen molar-refractivity contribution >= 4 is 0 Å². The van der Waals surface area contributed by atoms with Crippen LogP contribution in [-0.4, -0.2) is 29.7 Å². The van der Waals surface area contributed by atoms with Crippen LogP contribution < -0.4 is 4.74 Å². The van der Waals surface area contributed by atoms with Gasteiger partial charge >= 0.3 is 0 Å². The highest BCUT2D eigenvalue weighted by Gasteiger charge is 2.25. The van der Waals surface area contributed by atoms with Crippen molar-refractivity contribution in [1.29, 1.82) is 0 Å². The minimum atomic E-state index is 0.346.